The molecule has 27 heavy (non-hydrogen) atoms. The quantitative estimate of drug-likeness (QED) is 0.679. The van der Waals surface area contributed by atoms with Gasteiger partial charge in [0.1, 0.15) is 0 Å². The molecular weight excluding hydrogens is 434 g/mol. The zero-order valence-electron chi connectivity index (χ0n) is 14.2. The molecule has 2 aliphatic rings. The molecule has 2 bridgehead atoms. The van der Waals surface area contributed by atoms with Gasteiger partial charge in [0.05, 0.1) is 22.9 Å². The van der Waals surface area contributed by atoms with Gasteiger partial charge in [-0.3, -0.25) is 14.3 Å². The van der Waals surface area contributed by atoms with Crippen LogP contribution in [0.15, 0.2) is 47.1 Å². The summed E-state index contributed by atoms with van der Waals surface area (Å²) in [5, 5.41) is 17.4. The molecule has 4 atom stereocenters. The fourth-order valence-corrected chi connectivity index (χ4v) is 4.60. The average Bonchev–Trinajstić information content (AvgIpc) is 3.32. The molecule has 0 aliphatic heterocycles. The van der Waals surface area contributed by atoms with Gasteiger partial charge in [0, 0.05) is 11.2 Å². The van der Waals surface area contributed by atoms with Crippen molar-refractivity contribution in [2.75, 3.05) is 5.32 Å². The van der Waals surface area contributed by atoms with Crippen LogP contribution in [0.25, 0.3) is 0 Å². The predicted octanol–water partition coefficient (Wildman–Crippen LogP) is 3.81. The number of anilines is 1. The van der Waals surface area contributed by atoms with Crippen LogP contribution < -0.4 is 5.32 Å². The highest BCUT2D eigenvalue weighted by molar-refractivity contribution is 9.10. The molecule has 0 saturated heterocycles. The third kappa shape index (κ3) is 3.53. The molecule has 1 saturated carbocycles. The molecular formula is C19H17BrClN3O3. The lowest BCUT2D eigenvalue weighted by atomic mass is 9.82. The van der Waals surface area contributed by atoms with Crippen LogP contribution in [0, 0.1) is 23.7 Å². The molecule has 0 radical (unpaired) electrons. The van der Waals surface area contributed by atoms with Crippen molar-refractivity contribution in [2.24, 2.45) is 23.7 Å². The van der Waals surface area contributed by atoms with E-state index in [2.05, 4.69) is 26.3 Å². The van der Waals surface area contributed by atoms with E-state index >= 15 is 0 Å². The van der Waals surface area contributed by atoms with E-state index in [4.69, 9.17) is 11.6 Å². The number of carbonyl (C=O) groups excluding carboxylic acids is 1. The lowest BCUT2D eigenvalue weighted by Crippen LogP contribution is -2.36. The van der Waals surface area contributed by atoms with Gasteiger partial charge in [-0.25, -0.2) is 0 Å². The Labute approximate surface area is 169 Å². The van der Waals surface area contributed by atoms with Crippen molar-refractivity contribution in [1.29, 1.82) is 0 Å². The number of benzene rings is 1. The summed E-state index contributed by atoms with van der Waals surface area (Å²) in [5.41, 5.74) is 1.02. The minimum atomic E-state index is -0.917. The number of rotatable bonds is 5. The topological polar surface area (TPSA) is 84.2 Å². The van der Waals surface area contributed by atoms with E-state index in [-0.39, 0.29) is 17.7 Å². The first-order valence-electron chi connectivity index (χ1n) is 8.62. The standard InChI is InChI=1S/C19H17BrClN3O3/c20-14-9-24(8-10-1-5-13(21)6-2-10)23-17(14)22-18(25)15-11-3-4-12(7-11)16(15)19(26)27/h1-6,9,11-12,15-16H,7-8H2,(H,26,27)(H,22,23,25)/t11-,12-,15-,16+/m0/s1. The Bertz CT molecular complexity index is 925. The molecule has 140 valence electrons. The molecule has 2 N–H and O–H groups in total. The van der Waals surface area contributed by atoms with Gasteiger partial charge in [-0.15, -0.1) is 0 Å². The van der Waals surface area contributed by atoms with Crippen LogP contribution in [-0.4, -0.2) is 26.8 Å². The molecule has 1 amide bonds. The van der Waals surface area contributed by atoms with Crippen molar-refractivity contribution in [2.45, 2.75) is 13.0 Å². The van der Waals surface area contributed by atoms with Crippen LogP contribution in [0.2, 0.25) is 5.02 Å². The Morgan fingerprint density at radius 2 is 1.89 bits per heavy atom. The minimum Gasteiger partial charge on any atom is -0.481 e. The van der Waals surface area contributed by atoms with Crippen LogP contribution in [-0.2, 0) is 16.1 Å². The Morgan fingerprint density at radius 1 is 1.22 bits per heavy atom. The lowest BCUT2D eigenvalue weighted by Gasteiger charge is -2.23. The molecule has 0 unspecified atom stereocenters. The smallest absolute Gasteiger partial charge is 0.307 e. The highest BCUT2D eigenvalue weighted by atomic mass is 79.9. The third-order valence-corrected chi connectivity index (χ3v) is 6.10. The second-order valence-electron chi connectivity index (χ2n) is 6.98. The molecule has 2 aromatic rings. The van der Waals surface area contributed by atoms with Crippen molar-refractivity contribution in [3.8, 4) is 0 Å². The number of carbonyl (C=O) groups is 2. The van der Waals surface area contributed by atoms with Gasteiger partial charge in [0.25, 0.3) is 0 Å². The van der Waals surface area contributed by atoms with Gasteiger partial charge in [-0.05, 0) is 51.9 Å². The number of fused-ring (bicyclic) bond motifs is 2. The van der Waals surface area contributed by atoms with Crippen molar-refractivity contribution in [3.05, 3.63) is 57.7 Å². The summed E-state index contributed by atoms with van der Waals surface area (Å²) < 4.78 is 2.36. The highest BCUT2D eigenvalue weighted by Gasteiger charge is 2.51. The SMILES string of the molecule is O=C(Nc1nn(Cc2ccc(Cl)cc2)cc1Br)[C@@H]1[C@H](C(=O)O)[C@H]2C=C[C@H]1C2. The van der Waals surface area contributed by atoms with Crippen LogP contribution in [0.5, 0.6) is 0 Å². The Morgan fingerprint density at radius 3 is 2.56 bits per heavy atom. The van der Waals surface area contributed by atoms with E-state index in [9.17, 15) is 14.7 Å². The van der Waals surface area contributed by atoms with Crippen molar-refractivity contribution in [3.63, 3.8) is 0 Å². The van der Waals surface area contributed by atoms with E-state index in [1.54, 1.807) is 10.9 Å². The summed E-state index contributed by atoms with van der Waals surface area (Å²) in [5.74, 6) is -2.14. The lowest BCUT2D eigenvalue weighted by molar-refractivity contribution is -0.146. The summed E-state index contributed by atoms with van der Waals surface area (Å²) in [6.07, 6.45) is 6.38. The molecule has 1 aromatic carbocycles. The number of allylic oxidation sites excluding steroid dienone is 2. The fraction of sp³-hybridized carbons (Fsp3) is 0.316. The first-order chi connectivity index (χ1) is 12.9. The zero-order chi connectivity index (χ0) is 19.1. The molecule has 4 rings (SSSR count). The summed E-state index contributed by atoms with van der Waals surface area (Å²) in [6, 6.07) is 7.45. The predicted molar refractivity (Wildman–Crippen MR) is 104 cm³/mol. The fourth-order valence-electron chi connectivity index (χ4n) is 4.06. The van der Waals surface area contributed by atoms with Gasteiger partial charge < -0.3 is 10.4 Å². The molecule has 6 nitrogen and oxygen atoms in total. The molecule has 1 heterocycles. The summed E-state index contributed by atoms with van der Waals surface area (Å²) in [4.78, 5) is 24.4. The molecule has 8 heteroatoms. The number of nitrogens with zero attached hydrogens (tertiary/aromatic N) is 2. The summed E-state index contributed by atoms with van der Waals surface area (Å²) in [6.45, 7) is 0.528. The Kier molecular flexibility index (Phi) is 4.82. The monoisotopic (exact) mass is 449 g/mol. The van der Waals surface area contributed by atoms with E-state index in [1.807, 2.05) is 36.4 Å². The van der Waals surface area contributed by atoms with E-state index in [0.29, 0.717) is 21.9 Å². The maximum atomic E-state index is 12.8. The van der Waals surface area contributed by atoms with E-state index < -0.39 is 17.8 Å². The molecule has 2 aliphatic carbocycles. The van der Waals surface area contributed by atoms with Crippen LogP contribution >= 0.6 is 27.5 Å². The van der Waals surface area contributed by atoms with Crippen molar-refractivity contribution >= 4 is 45.2 Å². The number of hydrogen-bond acceptors (Lipinski definition) is 3. The number of amides is 1. The largest absolute Gasteiger partial charge is 0.481 e. The number of hydrogen-bond donors (Lipinski definition) is 2. The second-order valence-corrected chi connectivity index (χ2v) is 8.27. The summed E-state index contributed by atoms with van der Waals surface area (Å²) in [7, 11) is 0. The average molecular weight is 451 g/mol. The number of aliphatic carboxylic acids is 1. The van der Waals surface area contributed by atoms with Gasteiger partial charge in [-0.2, -0.15) is 5.10 Å². The first-order valence-corrected chi connectivity index (χ1v) is 9.79. The number of carboxylic acid groups (broad SMARTS) is 1. The third-order valence-electron chi connectivity index (χ3n) is 5.26. The molecule has 0 spiro atoms. The van der Waals surface area contributed by atoms with Gasteiger partial charge in [0.15, 0.2) is 5.82 Å². The van der Waals surface area contributed by atoms with Crippen LogP contribution in [0.1, 0.15) is 12.0 Å². The van der Waals surface area contributed by atoms with Gasteiger partial charge in [0.2, 0.25) is 5.91 Å². The maximum absolute atomic E-state index is 12.8. The van der Waals surface area contributed by atoms with E-state index in [1.165, 1.54) is 0 Å². The highest BCUT2D eigenvalue weighted by Crippen LogP contribution is 2.48. The second kappa shape index (κ2) is 7.13. The van der Waals surface area contributed by atoms with Crippen LogP contribution in [0.3, 0.4) is 0 Å². The molecule has 1 fully saturated rings. The van der Waals surface area contributed by atoms with Crippen molar-refractivity contribution in [1.82, 2.24) is 9.78 Å². The maximum Gasteiger partial charge on any atom is 0.307 e. The minimum absolute atomic E-state index is 0.0222. The van der Waals surface area contributed by atoms with Crippen molar-refractivity contribution < 1.29 is 14.7 Å². The first kappa shape index (κ1) is 18.3. The van der Waals surface area contributed by atoms with Crippen LogP contribution in [0.4, 0.5) is 5.82 Å². The normalized spacial score (nSPS) is 25.7. The number of aromatic nitrogens is 2. The Hall–Kier alpha value is -2.12. The Balaban J connectivity index is 1.49. The number of halogens is 2. The number of nitrogens with one attached hydrogen (secondary N) is 1. The van der Waals surface area contributed by atoms with E-state index in [0.717, 1.165) is 12.0 Å². The van der Waals surface area contributed by atoms with Gasteiger partial charge >= 0.3 is 5.97 Å². The summed E-state index contributed by atoms with van der Waals surface area (Å²) >= 11 is 9.32. The number of carboxylic acids is 1. The zero-order valence-corrected chi connectivity index (χ0v) is 16.5. The van der Waals surface area contributed by atoms with Gasteiger partial charge in [-0.1, -0.05) is 35.9 Å². The molecule has 1 aromatic heterocycles.